The molecule has 5 heteroatoms. The number of fused-ring (bicyclic) bond motifs is 9. The van der Waals surface area contributed by atoms with Crippen LogP contribution in [0.25, 0.3) is 67.7 Å². The molecule has 0 saturated heterocycles. The van der Waals surface area contributed by atoms with Gasteiger partial charge in [-0.15, -0.1) is 0 Å². The van der Waals surface area contributed by atoms with E-state index in [2.05, 4.69) is 138 Å². The van der Waals surface area contributed by atoms with E-state index in [4.69, 9.17) is 19.7 Å². The Bertz CT molecular complexity index is 2900. The first kappa shape index (κ1) is 32.0. The van der Waals surface area contributed by atoms with Crippen LogP contribution in [0, 0.1) is 0 Å². The highest BCUT2D eigenvalue weighted by molar-refractivity contribution is 5.89. The molecule has 0 amide bonds. The fraction of sp³-hybridized carbons (Fsp3) is 0.0196. The van der Waals surface area contributed by atoms with Crippen LogP contribution in [0.15, 0.2) is 194 Å². The molecular weight excluding hydrogens is 685 g/mol. The predicted octanol–water partition coefficient (Wildman–Crippen LogP) is 12.1. The van der Waals surface area contributed by atoms with Crippen LogP contribution in [-0.4, -0.2) is 19.9 Å². The summed E-state index contributed by atoms with van der Waals surface area (Å²) < 4.78 is 7.01. The zero-order chi connectivity index (χ0) is 37.1. The van der Waals surface area contributed by atoms with E-state index in [1.54, 1.807) is 0 Å². The third kappa shape index (κ3) is 5.02. The molecule has 262 valence electrons. The Morgan fingerprint density at radius 1 is 0.339 bits per heavy atom. The molecule has 3 heterocycles. The molecular formula is C51H32N4O. The van der Waals surface area contributed by atoms with Gasteiger partial charge < -0.3 is 4.74 Å². The van der Waals surface area contributed by atoms with Crippen LogP contribution in [0.2, 0.25) is 0 Å². The zero-order valence-electron chi connectivity index (χ0n) is 30.2. The monoisotopic (exact) mass is 716 g/mol. The highest BCUT2D eigenvalue weighted by atomic mass is 16.5. The lowest BCUT2D eigenvalue weighted by molar-refractivity contribution is 0.437. The molecule has 0 atom stereocenters. The molecule has 0 fully saturated rings. The van der Waals surface area contributed by atoms with Crippen molar-refractivity contribution < 1.29 is 4.74 Å². The van der Waals surface area contributed by atoms with Gasteiger partial charge in [0.25, 0.3) is 0 Å². The largest absolute Gasteiger partial charge is 0.457 e. The third-order valence-electron chi connectivity index (χ3n) is 11.1. The average molecular weight is 717 g/mol. The Labute approximate surface area is 324 Å². The van der Waals surface area contributed by atoms with E-state index in [1.165, 1.54) is 22.3 Å². The Morgan fingerprint density at radius 3 is 1.48 bits per heavy atom. The maximum atomic E-state index is 7.01. The molecule has 0 radical (unpaired) electrons. The molecule has 56 heavy (non-hydrogen) atoms. The summed E-state index contributed by atoms with van der Waals surface area (Å²) in [6.07, 6.45) is 1.83. The van der Waals surface area contributed by atoms with E-state index in [-0.39, 0.29) is 0 Å². The fourth-order valence-corrected chi connectivity index (χ4v) is 8.56. The van der Waals surface area contributed by atoms with Crippen molar-refractivity contribution in [3.63, 3.8) is 0 Å². The number of aromatic nitrogens is 4. The van der Waals surface area contributed by atoms with Gasteiger partial charge in [-0.25, -0.2) is 15.0 Å². The van der Waals surface area contributed by atoms with Gasteiger partial charge in [-0.3, -0.25) is 4.98 Å². The molecule has 0 N–H and O–H groups in total. The van der Waals surface area contributed by atoms with Gasteiger partial charge in [-0.05, 0) is 63.7 Å². The van der Waals surface area contributed by atoms with Crippen LogP contribution < -0.4 is 4.74 Å². The first-order chi connectivity index (χ1) is 27.7. The number of benzene rings is 7. The van der Waals surface area contributed by atoms with Crippen molar-refractivity contribution in [3.8, 4) is 79.2 Å². The molecule has 2 aliphatic rings. The lowest BCUT2D eigenvalue weighted by Gasteiger charge is -2.39. The van der Waals surface area contributed by atoms with Crippen molar-refractivity contribution in [3.05, 3.63) is 217 Å². The highest BCUT2D eigenvalue weighted by Gasteiger charge is 2.51. The number of pyridine rings is 1. The Hall–Kier alpha value is -7.50. The van der Waals surface area contributed by atoms with Crippen LogP contribution in [0.5, 0.6) is 11.5 Å². The number of hydrogen-bond donors (Lipinski definition) is 0. The maximum absolute atomic E-state index is 7.01. The predicted molar refractivity (Wildman–Crippen MR) is 222 cm³/mol. The molecule has 2 aromatic heterocycles. The summed E-state index contributed by atoms with van der Waals surface area (Å²) in [6, 6.07) is 65.3. The number of rotatable bonds is 5. The zero-order valence-corrected chi connectivity index (χ0v) is 30.2. The first-order valence-electron chi connectivity index (χ1n) is 18.8. The summed E-state index contributed by atoms with van der Waals surface area (Å²) in [4.78, 5) is 20.0. The maximum Gasteiger partial charge on any atom is 0.164 e. The SMILES string of the molecule is c1ccc(-c2cccc(-c3nc(-c4ccccc4)nc(-c4ccc5c(c4)Oc4cc(-c6ccccn6)ccc4C54c5ccccc5-c5ccccc54)n3)c2)cc1. The van der Waals surface area contributed by atoms with Gasteiger partial charge >= 0.3 is 0 Å². The molecule has 7 aromatic carbocycles. The minimum absolute atomic E-state index is 0.569. The van der Waals surface area contributed by atoms with E-state index in [1.807, 2.05) is 60.8 Å². The van der Waals surface area contributed by atoms with Crippen molar-refractivity contribution in [1.29, 1.82) is 0 Å². The van der Waals surface area contributed by atoms with Crippen LogP contribution in [0.3, 0.4) is 0 Å². The molecule has 0 unspecified atom stereocenters. The summed E-state index contributed by atoms with van der Waals surface area (Å²) in [5, 5.41) is 0. The van der Waals surface area contributed by atoms with Gasteiger partial charge in [0.05, 0.1) is 11.1 Å². The van der Waals surface area contributed by atoms with E-state index in [0.717, 1.165) is 61.7 Å². The summed E-state index contributed by atoms with van der Waals surface area (Å²) in [6.45, 7) is 0. The van der Waals surface area contributed by atoms with Crippen LogP contribution >= 0.6 is 0 Å². The molecule has 5 nitrogen and oxygen atoms in total. The number of nitrogens with zero attached hydrogens (tertiary/aromatic N) is 4. The van der Waals surface area contributed by atoms with Gasteiger partial charge in [-0.1, -0.05) is 158 Å². The normalized spacial score (nSPS) is 12.9. The van der Waals surface area contributed by atoms with Gasteiger partial charge in [0.2, 0.25) is 0 Å². The van der Waals surface area contributed by atoms with Gasteiger partial charge in [-0.2, -0.15) is 0 Å². The minimum atomic E-state index is -0.603. The van der Waals surface area contributed by atoms with Crippen molar-refractivity contribution in [2.45, 2.75) is 5.41 Å². The van der Waals surface area contributed by atoms with Gasteiger partial charge in [0.15, 0.2) is 17.5 Å². The Kier molecular flexibility index (Phi) is 7.32. The highest BCUT2D eigenvalue weighted by Crippen LogP contribution is 2.62. The fourth-order valence-electron chi connectivity index (χ4n) is 8.56. The standard InChI is InChI=1S/C51H32N4O/c1-3-14-33(15-4-1)35-18-13-19-37(30-35)49-53-48(34-16-5-2-6-17-34)54-50(55-49)38-26-28-44-47(32-38)56-46-31-36(45-24-11-12-29-52-45)25-27-43(46)51(44)41-22-9-7-20-39(41)40-21-8-10-23-42(40)51/h1-32H. The van der Waals surface area contributed by atoms with E-state index in [9.17, 15) is 0 Å². The van der Waals surface area contributed by atoms with Crippen molar-refractivity contribution >= 4 is 0 Å². The lowest BCUT2D eigenvalue weighted by Crippen LogP contribution is -2.32. The Morgan fingerprint density at radius 2 is 0.839 bits per heavy atom. The second-order valence-corrected chi connectivity index (χ2v) is 14.2. The summed E-state index contributed by atoms with van der Waals surface area (Å²) >= 11 is 0. The molecule has 11 rings (SSSR count). The van der Waals surface area contributed by atoms with Gasteiger partial charge in [0.1, 0.15) is 11.5 Å². The van der Waals surface area contributed by atoms with Crippen molar-refractivity contribution in [2.24, 2.45) is 0 Å². The third-order valence-corrected chi connectivity index (χ3v) is 11.1. The molecule has 0 saturated carbocycles. The minimum Gasteiger partial charge on any atom is -0.457 e. The molecule has 1 aliphatic carbocycles. The number of ether oxygens (including phenoxy) is 1. The second kappa shape index (κ2) is 12.8. The summed E-state index contributed by atoms with van der Waals surface area (Å²) in [5.41, 5.74) is 13.3. The topological polar surface area (TPSA) is 60.8 Å². The molecule has 9 aromatic rings. The smallest absolute Gasteiger partial charge is 0.164 e. The molecule has 0 bridgehead atoms. The Balaban J connectivity index is 1.12. The van der Waals surface area contributed by atoms with E-state index in [0.29, 0.717) is 17.5 Å². The molecule has 1 aliphatic heterocycles. The first-order valence-corrected chi connectivity index (χ1v) is 18.8. The van der Waals surface area contributed by atoms with Crippen LogP contribution in [0.4, 0.5) is 0 Å². The van der Waals surface area contributed by atoms with Crippen LogP contribution in [-0.2, 0) is 5.41 Å². The number of hydrogen-bond acceptors (Lipinski definition) is 5. The lowest BCUT2D eigenvalue weighted by atomic mass is 9.66. The summed E-state index contributed by atoms with van der Waals surface area (Å²) in [7, 11) is 0. The van der Waals surface area contributed by atoms with Crippen molar-refractivity contribution in [1.82, 2.24) is 19.9 Å². The quantitative estimate of drug-likeness (QED) is 0.177. The molecule has 1 spiro atoms. The van der Waals surface area contributed by atoms with Crippen LogP contribution in [0.1, 0.15) is 22.3 Å². The second-order valence-electron chi connectivity index (χ2n) is 14.2. The summed E-state index contributed by atoms with van der Waals surface area (Å²) in [5.74, 6) is 3.33. The van der Waals surface area contributed by atoms with Gasteiger partial charge in [0, 0.05) is 39.6 Å². The average Bonchev–Trinajstić information content (AvgIpc) is 3.57. The van der Waals surface area contributed by atoms with E-state index >= 15 is 0 Å². The van der Waals surface area contributed by atoms with E-state index < -0.39 is 5.41 Å². The van der Waals surface area contributed by atoms with Crippen molar-refractivity contribution in [2.75, 3.05) is 0 Å².